The molecule has 2 rings (SSSR count). The van der Waals surface area contributed by atoms with Crippen molar-refractivity contribution in [3.63, 3.8) is 0 Å². The molecule has 0 aliphatic carbocycles. The Morgan fingerprint density at radius 2 is 2.25 bits per heavy atom. The Morgan fingerprint density at radius 3 is 2.85 bits per heavy atom. The number of thiazole rings is 1. The van der Waals surface area contributed by atoms with E-state index in [1.807, 2.05) is 0 Å². The van der Waals surface area contributed by atoms with Crippen LogP contribution in [0.3, 0.4) is 0 Å². The minimum absolute atomic E-state index is 0.270. The molecule has 1 amide bonds. The lowest BCUT2D eigenvalue weighted by Crippen LogP contribution is -2.04. The minimum Gasteiger partial charge on any atom is -0.302 e. The van der Waals surface area contributed by atoms with Gasteiger partial charge in [0.05, 0.1) is 15.5 Å². The first-order valence-electron chi connectivity index (χ1n) is 5.44. The van der Waals surface area contributed by atoms with Crippen LogP contribution in [0.15, 0.2) is 12.3 Å². The van der Waals surface area contributed by atoms with Crippen LogP contribution in [0, 0.1) is 23.0 Å². The van der Waals surface area contributed by atoms with Crippen molar-refractivity contribution in [2.75, 3.05) is 5.32 Å². The van der Waals surface area contributed by atoms with Gasteiger partial charge in [-0.05, 0) is 6.92 Å². The highest BCUT2D eigenvalue weighted by Gasteiger charge is 2.19. The molecule has 104 valence electrons. The molecule has 0 spiro atoms. The van der Waals surface area contributed by atoms with Gasteiger partial charge in [0.1, 0.15) is 0 Å². The molecular weight excluding hydrogens is 287 g/mol. The first kappa shape index (κ1) is 14.0. The number of halogens is 1. The second-order valence-corrected chi connectivity index (χ2v) is 4.90. The fourth-order valence-corrected chi connectivity index (χ4v) is 2.55. The number of carbonyl (C=O) groups is 1. The minimum atomic E-state index is -1.14. The van der Waals surface area contributed by atoms with E-state index < -0.39 is 16.6 Å². The van der Waals surface area contributed by atoms with Crippen LogP contribution in [-0.2, 0) is 4.79 Å². The number of rotatable bonds is 3. The molecule has 0 saturated heterocycles. The molecule has 0 fully saturated rings. The summed E-state index contributed by atoms with van der Waals surface area (Å²) in [5.41, 5.74) is 0.252. The molecule has 0 aromatic carbocycles. The number of anilines is 1. The molecule has 0 atom stereocenters. The van der Waals surface area contributed by atoms with E-state index in [1.165, 1.54) is 13.1 Å². The van der Waals surface area contributed by atoms with E-state index in [0.717, 1.165) is 17.4 Å². The zero-order valence-electron chi connectivity index (χ0n) is 10.5. The fourth-order valence-electron chi connectivity index (χ4n) is 1.56. The van der Waals surface area contributed by atoms with E-state index in [-0.39, 0.29) is 5.91 Å². The number of hydrogen-bond acceptors (Lipinski definition) is 6. The number of nitro groups is 1. The van der Waals surface area contributed by atoms with E-state index >= 15 is 0 Å². The summed E-state index contributed by atoms with van der Waals surface area (Å²) < 4.78 is 13.2. The maximum atomic E-state index is 13.2. The summed E-state index contributed by atoms with van der Waals surface area (Å²) in [5.74, 6) is -1.41. The molecule has 1 N–H and O–H groups in total. The van der Waals surface area contributed by atoms with Gasteiger partial charge in [0.2, 0.25) is 5.91 Å². The summed E-state index contributed by atoms with van der Waals surface area (Å²) in [4.78, 5) is 28.9. The summed E-state index contributed by atoms with van der Waals surface area (Å²) >= 11 is 1.14. The van der Waals surface area contributed by atoms with Crippen LogP contribution in [0.4, 0.5) is 15.2 Å². The third-order valence-electron chi connectivity index (χ3n) is 2.36. The van der Waals surface area contributed by atoms with Crippen LogP contribution in [0.1, 0.15) is 12.6 Å². The first-order valence-corrected chi connectivity index (χ1v) is 6.25. The second-order valence-electron chi connectivity index (χ2n) is 3.91. The Hall–Kier alpha value is -2.42. The lowest BCUT2D eigenvalue weighted by molar-refractivity contribution is -0.388. The van der Waals surface area contributed by atoms with E-state index in [4.69, 9.17) is 0 Å². The van der Waals surface area contributed by atoms with E-state index in [2.05, 4.69) is 15.3 Å². The molecule has 0 aliphatic heterocycles. The van der Waals surface area contributed by atoms with Gasteiger partial charge < -0.3 is 5.32 Å². The quantitative estimate of drug-likeness (QED) is 0.533. The number of nitrogens with zero attached hydrogens (tertiary/aromatic N) is 3. The molecule has 2 aromatic heterocycles. The van der Waals surface area contributed by atoms with Gasteiger partial charge >= 0.3 is 5.69 Å². The summed E-state index contributed by atoms with van der Waals surface area (Å²) in [6.45, 7) is 3.03. The van der Waals surface area contributed by atoms with Crippen LogP contribution < -0.4 is 5.32 Å². The summed E-state index contributed by atoms with van der Waals surface area (Å²) in [5, 5.41) is 13.6. The van der Waals surface area contributed by atoms with Gasteiger partial charge in [0.25, 0.3) is 5.95 Å². The Kier molecular flexibility index (Phi) is 3.70. The largest absolute Gasteiger partial charge is 0.324 e. The monoisotopic (exact) mass is 296 g/mol. The fraction of sp³-hybridized carbons (Fsp3) is 0.182. The van der Waals surface area contributed by atoms with Crippen LogP contribution in [-0.4, -0.2) is 20.8 Å². The molecule has 0 saturated carbocycles. The van der Waals surface area contributed by atoms with Gasteiger partial charge in [-0.15, -0.1) is 0 Å². The van der Waals surface area contributed by atoms with Gasteiger partial charge in [-0.3, -0.25) is 14.9 Å². The van der Waals surface area contributed by atoms with Crippen molar-refractivity contribution >= 4 is 28.1 Å². The van der Waals surface area contributed by atoms with Crippen molar-refractivity contribution in [3.05, 3.63) is 34.0 Å². The van der Waals surface area contributed by atoms with Crippen LogP contribution in [0.2, 0.25) is 0 Å². The summed E-state index contributed by atoms with van der Waals surface area (Å²) in [6, 6.07) is 1.10. The third-order valence-corrected chi connectivity index (χ3v) is 3.48. The molecule has 7 nitrogen and oxygen atoms in total. The van der Waals surface area contributed by atoms with Crippen LogP contribution in [0.25, 0.3) is 10.4 Å². The first-order chi connectivity index (χ1) is 9.38. The zero-order chi connectivity index (χ0) is 14.9. The highest BCUT2D eigenvalue weighted by Crippen LogP contribution is 2.34. The lowest BCUT2D eigenvalue weighted by atomic mass is 10.2. The molecule has 2 heterocycles. The Bertz CT molecular complexity index is 701. The molecule has 0 bridgehead atoms. The molecule has 2 aromatic rings. The number of hydrogen-bond donors (Lipinski definition) is 1. The average molecular weight is 296 g/mol. The summed E-state index contributed by atoms with van der Waals surface area (Å²) in [6.07, 6.45) is 1.19. The van der Waals surface area contributed by atoms with Crippen LogP contribution in [0.5, 0.6) is 0 Å². The van der Waals surface area contributed by atoms with Crippen molar-refractivity contribution < 1.29 is 14.1 Å². The highest BCUT2D eigenvalue weighted by molar-refractivity contribution is 7.19. The van der Waals surface area contributed by atoms with Crippen molar-refractivity contribution in [1.29, 1.82) is 0 Å². The number of nitrogens with one attached hydrogen (secondary N) is 1. The maximum absolute atomic E-state index is 13.2. The van der Waals surface area contributed by atoms with E-state index in [0.29, 0.717) is 21.3 Å². The number of aromatic nitrogens is 2. The number of amides is 1. The normalized spacial score (nSPS) is 10.3. The van der Waals surface area contributed by atoms with Gasteiger partial charge in [-0.25, -0.2) is 9.97 Å². The number of aryl methyl sites for hydroxylation is 1. The number of carbonyl (C=O) groups excluding carboxylic acids is 1. The van der Waals surface area contributed by atoms with E-state index in [1.54, 1.807) is 6.92 Å². The van der Waals surface area contributed by atoms with Gasteiger partial charge in [-0.1, -0.05) is 11.3 Å². The molecule has 20 heavy (non-hydrogen) atoms. The highest BCUT2D eigenvalue weighted by atomic mass is 32.1. The van der Waals surface area contributed by atoms with Crippen molar-refractivity contribution in [1.82, 2.24) is 9.97 Å². The summed E-state index contributed by atoms with van der Waals surface area (Å²) in [7, 11) is 0. The van der Waals surface area contributed by atoms with E-state index in [9.17, 15) is 19.3 Å². The number of pyridine rings is 1. The standard InChI is InChI=1S/C11H9FN4O3S/c1-5-9(20-11(14-5)15-6(2)17)7-3-8(16(18)19)10(12)13-4-7/h3-4H,1-2H3,(H,14,15,17). The van der Waals surface area contributed by atoms with Gasteiger partial charge in [0, 0.05) is 24.8 Å². The molecule has 9 heteroatoms. The molecular formula is C11H9FN4O3S. The van der Waals surface area contributed by atoms with Gasteiger partial charge in [0.15, 0.2) is 5.13 Å². The molecule has 0 aliphatic rings. The predicted octanol–water partition coefficient (Wildman–Crippen LogP) is 2.52. The SMILES string of the molecule is CC(=O)Nc1nc(C)c(-c2cnc(F)c([N+](=O)[O-])c2)s1. The van der Waals surface area contributed by atoms with Crippen LogP contribution >= 0.6 is 11.3 Å². The van der Waals surface area contributed by atoms with Crippen molar-refractivity contribution in [3.8, 4) is 10.4 Å². The van der Waals surface area contributed by atoms with Crippen molar-refractivity contribution in [2.24, 2.45) is 0 Å². The smallest absolute Gasteiger partial charge is 0.302 e. The topological polar surface area (TPSA) is 98.0 Å². The Labute approximate surface area is 116 Å². The molecule has 0 unspecified atom stereocenters. The lowest BCUT2D eigenvalue weighted by Gasteiger charge is -1.99. The second kappa shape index (κ2) is 5.29. The molecule has 0 radical (unpaired) electrons. The van der Waals surface area contributed by atoms with Crippen molar-refractivity contribution in [2.45, 2.75) is 13.8 Å². The third kappa shape index (κ3) is 2.77. The maximum Gasteiger partial charge on any atom is 0.324 e. The average Bonchev–Trinajstić information content (AvgIpc) is 2.69. The predicted molar refractivity (Wildman–Crippen MR) is 71.0 cm³/mol. The zero-order valence-corrected chi connectivity index (χ0v) is 11.3. The Balaban J connectivity index is 2.46. The Morgan fingerprint density at radius 1 is 1.55 bits per heavy atom. The van der Waals surface area contributed by atoms with Gasteiger partial charge in [-0.2, -0.15) is 4.39 Å².